The van der Waals surface area contributed by atoms with Crippen molar-refractivity contribution in [1.82, 2.24) is 9.62 Å². The molecule has 7 nitrogen and oxygen atoms in total. The van der Waals surface area contributed by atoms with Crippen LogP contribution in [-0.2, 0) is 24.3 Å². The maximum Gasteiger partial charge on any atom is 0.322 e. The van der Waals surface area contributed by atoms with Crippen LogP contribution in [0.15, 0.2) is 0 Å². The first-order valence-corrected chi connectivity index (χ1v) is 6.92. The largest absolute Gasteiger partial charge is 0.465 e. The van der Waals surface area contributed by atoms with Gasteiger partial charge in [-0.25, -0.2) is 8.42 Å². The Bertz CT molecular complexity index is 406. The molecule has 1 saturated heterocycles. The van der Waals surface area contributed by atoms with Gasteiger partial charge in [0, 0.05) is 13.1 Å². The fourth-order valence-corrected chi connectivity index (χ4v) is 3.07. The first-order chi connectivity index (χ1) is 7.88. The fourth-order valence-electron chi connectivity index (χ4n) is 1.58. The van der Waals surface area contributed by atoms with Gasteiger partial charge in [0.2, 0.25) is 15.9 Å². The number of sulfonamides is 1. The number of carbonyl (C=O) groups is 2. The molecule has 0 bridgehead atoms. The molecule has 1 heterocycles. The van der Waals surface area contributed by atoms with Crippen LogP contribution >= 0.6 is 0 Å². The minimum Gasteiger partial charge on any atom is -0.465 e. The van der Waals surface area contributed by atoms with Crippen molar-refractivity contribution in [2.75, 3.05) is 25.4 Å². The molecule has 1 aliphatic rings. The smallest absolute Gasteiger partial charge is 0.322 e. The summed E-state index contributed by atoms with van der Waals surface area (Å²) >= 11 is 0. The highest BCUT2D eigenvalue weighted by Gasteiger charge is 2.35. The van der Waals surface area contributed by atoms with Gasteiger partial charge in [0.15, 0.2) is 5.75 Å². The summed E-state index contributed by atoms with van der Waals surface area (Å²) in [6.07, 6.45) is 0. The lowest BCUT2D eigenvalue weighted by atomic mass is 10.2. The molecule has 8 heteroatoms. The Morgan fingerprint density at radius 2 is 2.24 bits per heavy atom. The average molecular weight is 264 g/mol. The van der Waals surface area contributed by atoms with E-state index < -0.39 is 27.8 Å². The Morgan fingerprint density at radius 1 is 1.59 bits per heavy atom. The standard InChI is InChI=1S/C9H16N2O5S/c1-3-16-8(12)6-17(14,15)11-5-4-10-9(13)7(11)2/h7H,3-6H2,1-2H3,(H,10,13). The lowest BCUT2D eigenvalue weighted by Gasteiger charge is -2.31. The van der Waals surface area contributed by atoms with Crippen molar-refractivity contribution in [1.29, 1.82) is 0 Å². The second kappa shape index (κ2) is 5.46. The number of carbonyl (C=O) groups excluding carboxylic acids is 2. The fraction of sp³-hybridized carbons (Fsp3) is 0.778. The zero-order valence-corrected chi connectivity index (χ0v) is 10.6. The van der Waals surface area contributed by atoms with Crippen molar-refractivity contribution < 1.29 is 22.7 Å². The van der Waals surface area contributed by atoms with Gasteiger partial charge in [0.1, 0.15) is 6.04 Å². The molecule has 1 unspecified atom stereocenters. The third kappa shape index (κ3) is 3.40. The predicted octanol–water partition coefficient (Wildman–Crippen LogP) is -1.30. The van der Waals surface area contributed by atoms with Crippen LogP contribution in [0.2, 0.25) is 0 Å². The molecule has 1 amide bonds. The van der Waals surface area contributed by atoms with E-state index in [2.05, 4.69) is 10.1 Å². The maximum absolute atomic E-state index is 11.9. The number of nitrogens with one attached hydrogen (secondary N) is 1. The number of amides is 1. The molecule has 0 aliphatic carbocycles. The molecular formula is C9H16N2O5S. The summed E-state index contributed by atoms with van der Waals surface area (Å²) in [7, 11) is -3.79. The summed E-state index contributed by atoms with van der Waals surface area (Å²) in [6.45, 7) is 3.64. The highest BCUT2D eigenvalue weighted by Crippen LogP contribution is 2.11. The van der Waals surface area contributed by atoms with Crippen LogP contribution in [0.5, 0.6) is 0 Å². The first kappa shape index (κ1) is 13.9. The van der Waals surface area contributed by atoms with Gasteiger partial charge in [-0.3, -0.25) is 9.59 Å². The lowest BCUT2D eigenvalue weighted by Crippen LogP contribution is -2.56. The van der Waals surface area contributed by atoms with Crippen LogP contribution in [0.4, 0.5) is 0 Å². The van der Waals surface area contributed by atoms with E-state index in [-0.39, 0.29) is 25.6 Å². The van der Waals surface area contributed by atoms with Crippen molar-refractivity contribution in [3.63, 3.8) is 0 Å². The summed E-state index contributed by atoms with van der Waals surface area (Å²) in [4.78, 5) is 22.5. The van der Waals surface area contributed by atoms with Gasteiger partial charge in [-0.05, 0) is 13.8 Å². The Hall–Kier alpha value is -1.15. The number of esters is 1. The van der Waals surface area contributed by atoms with Crippen molar-refractivity contribution in [3.05, 3.63) is 0 Å². The van der Waals surface area contributed by atoms with E-state index in [4.69, 9.17) is 0 Å². The monoisotopic (exact) mass is 264 g/mol. The van der Waals surface area contributed by atoms with E-state index >= 15 is 0 Å². The molecule has 1 aliphatic heterocycles. The molecule has 0 aromatic heterocycles. The van der Waals surface area contributed by atoms with Crippen LogP contribution in [0, 0.1) is 0 Å². The Morgan fingerprint density at radius 3 is 2.82 bits per heavy atom. The van der Waals surface area contributed by atoms with Crippen molar-refractivity contribution in [2.45, 2.75) is 19.9 Å². The van der Waals surface area contributed by atoms with Crippen LogP contribution in [0.1, 0.15) is 13.8 Å². The zero-order valence-electron chi connectivity index (χ0n) is 9.80. The molecule has 1 rings (SSSR count). The highest BCUT2D eigenvalue weighted by atomic mass is 32.2. The SMILES string of the molecule is CCOC(=O)CS(=O)(=O)N1CCNC(=O)C1C. The van der Waals surface area contributed by atoms with E-state index in [0.29, 0.717) is 0 Å². The van der Waals surface area contributed by atoms with E-state index in [9.17, 15) is 18.0 Å². The molecule has 0 aromatic carbocycles. The molecule has 17 heavy (non-hydrogen) atoms. The second-order valence-electron chi connectivity index (χ2n) is 3.64. The van der Waals surface area contributed by atoms with Crippen molar-refractivity contribution in [2.24, 2.45) is 0 Å². The molecule has 0 spiro atoms. The molecule has 0 aromatic rings. The molecule has 0 saturated carbocycles. The van der Waals surface area contributed by atoms with E-state index in [1.54, 1.807) is 6.92 Å². The third-order valence-corrected chi connectivity index (χ3v) is 4.22. The minimum atomic E-state index is -3.79. The van der Waals surface area contributed by atoms with E-state index in [1.807, 2.05) is 0 Å². The van der Waals surface area contributed by atoms with Gasteiger partial charge in [0.05, 0.1) is 6.61 Å². The topological polar surface area (TPSA) is 92.8 Å². The van der Waals surface area contributed by atoms with Gasteiger partial charge >= 0.3 is 5.97 Å². The van der Waals surface area contributed by atoms with Gasteiger partial charge in [0.25, 0.3) is 0 Å². The van der Waals surface area contributed by atoms with Gasteiger partial charge in [-0.15, -0.1) is 0 Å². The highest BCUT2D eigenvalue weighted by molar-refractivity contribution is 7.89. The lowest BCUT2D eigenvalue weighted by molar-refractivity contribution is -0.140. The van der Waals surface area contributed by atoms with Gasteiger partial charge in [-0.1, -0.05) is 0 Å². The zero-order chi connectivity index (χ0) is 13.1. The molecule has 0 radical (unpaired) electrons. The third-order valence-electron chi connectivity index (χ3n) is 2.41. The van der Waals surface area contributed by atoms with Gasteiger partial charge < -0.3 is 10.1 Å². The van der Waals surface area contributed by atoms with E-state index in [0.717, 1.165) is 4.31 Å². The van der Waals surface area contributed by atoms with Crippen LogP contribution in [0.3, 0.4) is 0 Å². The van der Waals surface area contributed by atoms with Crippen molar-refractivity contribution >= 4 is 21.9 Å². The minimum absolute atomic E-state index is 0.129. The molecule has 98 valence electrons. The summed E-state index contributed by atoms with van der Waals surface area (Å²) in [5, 5.41) is 2.55. The van der Waals surface area contributed by atoms with E-state index in [1.165, 1.54) is 6.92 Å². The molecular weight excluding hydrogens is 248 g/mol. The van der Waals surface area contributed by atoms with Gasteiger partial charge in [-0.2, -0.15) is 4.31 Å². The Labute approximate surface area is 100 Å². The van der Waals surface area contributed by atoms with Crippen LogP contribution in [-0.4, -0.2) is 56.1 Å². The summed E-state index contributed by atoms with van der Waals surface area (Å²) < 4.78 is 29.4. The Balaban J connectivity index is 2.75. The average Bonchev–Trinajstić information content (AvgIpc) is 2.21. The number of hydrogen-bond donors (Lipinski definition) is 1. The Kier molecular flexibility index (Phi) is 4.47. The first-order valence-electron chi connectivity index (χ1n) is 5.31. The number of rotatable bonds is 4. The summed E-state index contributed by atoms with van der Waals surface area (Å²) in [5.74, 6) is -1.88. The second-order valence-corrected chi connectivity index (χ2v) is 5.56. The summed E-state index contributed by atoms with van der Waals surface area (Å²) in [5.41, 5.74) is 0. The van der Waals surface area contributed by atoms with Crippen LogP contribution in [0.25, 0.3) is 0 Å². The van der Waals surface area contributed by atoms with Crippen LogP contribution < -0.4 is 5.32 Å². The predicted molar refractivity (Wildman–Crippen MR) is 59.6 cm³/mol. The number of hydrogen-bond acceptors (Lipinski definition) is 5. The molecule has 1 fully saturated rings. The normalized spacial score (nSPS) is 22.0. The maximum atomic E-state index is 11.9. The number of nitrogens with zero attached hydrogens (tertiary/aromatic N) is 1. The number of ether oxygens (including phenoxy) is 1. The molecule has 1 N–H and O–H groups in total. The quantitative estimate of drug-likeness (QED) is 0.637. The number of piperazine rings is 1. The summed E-state index contributed by atoms with van der Waals surface area (Å²) in [6, 6.07) is -0.789. The van der Waals surface area contributed by atoms with Crippen molar-refractivity contribution in [3.8, 4) is 0 Å². The molecule has 1 atom stereocenters.